The number of ether oxygens (including phenoxy) is 3. The van der Waals surface area contributed by atoms with Crippen molar-refractivity contribution in [3.8, 4) is 11.5 Å². The van der Waals surface area contributed by atoms with Crippen molar-refractivity contribution in [2.75, 3.05) is 25.7 Å². The SMILES string of the molecule is COc1ccc(/C=C/C(=O)OCC(=O)N(c2ccccc2)C2CCCCC2)cc1OC. The van der Waals surface area contributed by atoms with Crippen LogP contribution in [0.1, 0.15) is 37.7 Å². The van der Waals surface area contributed by atoms with Crippen LogP contribution in [-0.2, 0) is 14.3 Å². The number of methoxy groups -OCH3 is 2. The second-order valence-corrected chi connectivity index (χ2v) is 7.45. The normalized spacial score (nSPS) is 14.3. The minimum atomic E-state index is -0.570. The monoisotopic (exact) mass is 423 g/mol. The van der Waals surface area contributed by atoms with E-state index in [1.807, 2.05) is 30.3 Å². The fourth-order valence-electron chi connectivity index (χ4n) is 3.86. The van der Waals surface area contributed by atoms with Crippen LogP contribution in [0.5, 0.6) is 11.5 Å². The van der Waals surface area contributed by atoms with Crippen LogP contribution in [0.15, 0.2) is 54.6 Å². The maximum absolute atomic E-state index is 13.0. The Hall–Kier alpha value is -3.28. The molecule has 3 rings (SSSR count). The fraction of sp³-hybridized carbons (Fsp3) is 0.360. The van der Waals surface area contributed by atoms with E-state index in [-0.39, 0.29) is 18.6 Å². The lowest BCUT2D eigenvalue weighted by Crippen LogP contribution is -2.43. The second kappa shape index (κ2) is 11.2. The molecule has 0 bridgehead atoms. The van der Waals surface area contributed by atoms with Gasteiger partial charge in [-0.25, -0.2) is 4.79 Å². The summed E-state index contributed by atoms with van der Waals surface area (Å²) in [5.41, 5.74) is 1.60. The van der Waals surface area contributed by atoms with Crippen LogP contribution in [0.3, 0.4) is 0 Å². The summed E-state index contributed by atoms with van der Waals surface area (Å²) >= 11 is 0. The molecule has 1 fully saturated rings. The Kier molecular flexibility index (Phi) is 8.10. The zero-order valence-corrected chi connectivity index (χ0v) is 18.1. The first-order chi connectivity index (χ1) is 15.1. The lowest BCUT2D eigenvalue weighted by Gasteiger charge is -2.34. The van der Waals surface area contributed by atoms with Crippen LogP contribution >= 0.6 is 0 Å². The van der Waals surface area contributed by atoms with Crippen LogP contribution in [0.25, 0.3) is 6.08 Å². The molecular weight excluding hydrogens is 394 g/mol. The number of hydrogen-bond acceptors (Lipinski definition) is 5. The van der Waals surface area contributed by atoms with Crippen molar-refractivity contribution in [2.24, 2.45) is 0 Å². The minimum absolute atomic E-state index is 0.143. The molecule has 6 heteroatoms. The predicted octanol–water partition coefficient (Wildman–Crippen LogP) is 4.63. The van der Waals surface area contributed by atoms with Gasteiger partial charge in [-0.2, -0.15) is 0 Å². The molecule has 6 nitrogen and oxygen atoms in total. The lowest BCUT2D eigenvalue weighted by atomic mass is 9.93. The number of esters is 1. The molecule has 0 spiro atoms. The number of anilines is 1. The molecule has 0 radical (unpaired) electrons. The Labute approximate surface area is 183 Å². The first-order valence-corrected chi connectivity index (χ1v) is 10.6. The third-order valence-electron chi connectivity index (χ3n) is 5.40. The van der Waals surface area contributed by atoms with E-state index in [9.17, 15) is 9.59 Å². The van der Waals surface area contributed by atoms with Gasteiger partial charge in [0.2, 0.25) is 0 Å². The maximum atomic E-state index is 13.0. The molecular formula is C25H29NO5. The number of para-hydroxylation sites is 1. The van der Waals surface area contributed by atoms with Gasteiger partial charge >= 0.3 is 5.97 Å². The van der Waals surface area contributed by atoms with Crippen LogP contribution in [0, 0.1) is 0 Å². The van der Waals surface area contributed by atoms with Crippen molar-refractivity contribution < 1.29 is 23.8 Å². The molecule has 1 amide bonds. The Morgan fingerprint density at radius 1 is 0.968 bits per heavy atom. The number of amides is 1. The van der Waals surface area contributed by atoms with E-state index in [0.717, 1.165) is 36.9 Å². The van der Waals surface area contributed by atoms with Crippen molar-refractivity contribution >= 4 is 23.6 Å². The van der Waals surface area contributed by atoms with E-state index in [1.54, 1.807) is 43.4 Å². The van der Waals surface area contributed by atoms with Crippen LogP contribution < -0.4 is 14.4 Å². The zero-order chi connectivity index (χ0) is 22.1. The molecule has 31 heavy (non-hydrogen) atoms. The average molecular weight is 424 g/mol. The summed E-state index contributed by atoms with van der Waals surface area (Å²) in [5, 5.41) is 0. The quantitative estimate of drug-likeness (QED) is 0.458. The van der Waals surface area contributed by atoms with Gasteiger partial charge in [-0.3, -0.25) is 4.79 Å². The van der Waals surface area contributed by atoms with Crippen molar-refractivity contribution in [2.45, 2.75) is 38.1 Å². The summed E-state index contributed by atoms with van der Waals surface area (Å²) in [4.78, 5) is 27.0. The van der Waals surface area contributed by atoms with Crippen molar-refractivity contribution in [1.82, 2.24) is 0 Å². The summed E-state index contributed by atoms with van der Waals surface area (Å²) in [6, 6.07) is 15.1. The summed E-state index contributed by atoms with van der Waals surface area (Å²) in [6.45, 7) is -0.291. The molecule has 0 saturated heterocycles. The van der Waals surface area contributed by atoms with Gasteiger partial charge in [-0.15, -0.1) is 0 Å². The van der Waals surface area contributed by atoms with Gasteiger partial charge < -0.3 is 19.1 Å². The Balaban J connectivity index is 1.62. The highest BCUT2D eigenvalue weighted by molar-refractivity contribution is 5.97. The number of carbonyl (C=O) groups excluding carboxylic acids is 2. The highest BCUT2D eigenvalue weighted by atomic mass is 16.5. The highest BCUT2D eigenvalue weighted by Crippen LogP contribution is 2.29. The lowest BCUT2D eigenvalue weighted by molar-refractivity contribution is -0.143. The smallest absolute Gasteiger partial charge is 0.331 e. The van der Waals surface area contributed by atoms with Crippen molar-refractivity contribution in [3.63, 3.8) is 0 Å². The van der Waals surface area contributed by atoms with Crippen LogP contribution in [0.4, 0.5) is 5.69 Å². The van der Waals surface area contributed by atoms with E-state index in [0.29, 0.717) is 11.5 Å². The number of carbonyl (C=O) groups is 2. The van der Waals surface area contributed by atoms with E-state index >= 15 is 0 Å². The van der Waals surface area contributed by atoms with Gasteiger partial charge in [-0.05, 0) is 48.7 Å². The predicted molar refractivity (Wildman–Crippen MR) is 120 cm³/mol. The third kappa shape index (κ3) is 6.10. The van der Waals surface area contributed by atoms with Crippen molar-refractivity contribution in [3.05, 3.63) is 60.2 Å². The largest absolute Gasteiger partial charge is 0.493 e. The number of nitrogens with zero attached hydrogens (tertiary/aromatic N) is 1. The van der Waals surface area contributed by atoms with Gasteiger partial charge in [-0.1, -0.05) is 43.5 Å². The molecule has 0 aliphatic heterocycles. The van der Waals surface area contributed by atoms with Gasteiger partial charge in [0.05, 0.1) is 14.2 Å². The van der Waals surface area contributed by atoms with Gasteiger partial charge in [0, 0.05) is 17.8 Å². The Bertz CT molecular complexity index is 903. The first kappa shape index (κ1) is 22.4. The molecule has 1 aliphatic carbocycles. The molecule has 2 aromatic rings. The zero-order valence-electron chi connectivity index (χ0n) is 18.1. The first-order valence-electron chi connectivity index (χ1n) is 10.6. The van der Waals surface area contributed by atoms with Gasteiger partial charge in [0.15, 0.2) is 18.1 Å². The summed E-state index contributed by atoms with van der Waals surface area (Å²) in [6.07, 6.45) is 8.27. The van der Waals surface area contributed by atoms with Crippen molar-refractivity contribution in [1.29, 1.82) is 0 Å². The molecule has 0 aromatic heterocycles. The third-order valence-corrected chi connectivity index (χ3v) is 5.40. The van der Waals surface area contributed by atoms with Crippen LogP contribution in [-0.4, -0.2) is 38.7 Å². The topological polar surface area (TPSA) is 65.1 Å². The standard InChI is InChI=1S/C25H29NO5/c1-29-22-15-13-19(17-23(22)30-2)14-16-25(28)31-18-24(27)26(20-9-5-3-6-10-20)21-11-7-4-8-12-21/h3,5-6,9-10,13-17,21H,4,7-8,11-12,18H2,1-2H3/b16-14+. The van der Waals surface area contributed by atoms with E-state index in [2.05, 4.69) is 0 Å². The van der Waals surface area contributed by atoms with Gasteiger partial charge in [0.1, 0.15) is 0 Å². The molecule has 2 aromatic carbocycles. The molecule has 1 saturated carbocycles. The molecule has 1 aliphatic rings. The molecule has 0 atom stereocenters. The molecule has 0 unspecified atom stereocenters. The second-order valence-electron chi connectivity index (χ2n) is 7.45. The molecule has 0 heterocycles. The van der Waals surface area contributed by atoms with E-state index in [4.69, 9.17) is 14.2 Å². The van der Waals surface area contributed by atoms with E-state index < -0.39 is 5.97 Å². The molecule has 164 valence electrons. The number of rotatable bonds is 8. The molecule has 0 N–H and O–H groups in total. The Morgan fingerprint density at radius 2 is 1.68 bits per heavy atom. The number of hydrogen-bond donors (Lipinski definition) is 0. The number of benzene rings is 2. The minimum Gasteiger partial charge on any atom is -0.493 e. The fourth-order valence-corrected chi connectivity index (χ4v) is 3.86. The summed E-state index contributed by atoms with van der Waals surface area (Å²) < 4.78 is 15.7. The highest BCUT2D eigenvalue weighted by Gasteiger charge is 2.27. The summed E-state index contributed by atoms with van der Waals surface area (Å²) in [7, 11) is 3.11. The maximum Gasteiger partial charge on any atom is 0.331 e. The average Bonchev–Trinajstić information content (AvgIpc) is 2.82. The van der Waals surface area contributed by atoms with E-state index in [1.165, 1.54) is 12.5 Å². The van der Waals surface area contributed by atoms with Gasteiger partial charge in [0.25, 0.3) is 5.91 Å². The summed E-state index contributed by atoms with van der Waals surface area (Å²) in [5.74, 6) is 0.404. The van der Waals surface area contributed by atoms with Crippen LogP contribution in [0.2, 0.25) is 0 Å². The Morgan fingerprint density at radius 3 is 2.35 bits per heavy atom.